The van der Waals surface area contributed by atoms with Crippen molar-refractivity contribution in [2.75, 3.05) is 13.7 Å². The number of hydrogen-bond donors (Lipinski definition) is 1. The Balaban J connectivity index is 2.73. The lowest BCUT2D eigenvalue weighted by Crippen LogP contribution is -2.40. The van der Waals surface area contributed by atoms with E-state index in [2.05, 4.69) is 5.32 Å². The first-order chi connectivity index (χ1) is 12.8. The minimum atomic E-state index is -0.984. The molecular formula is C18H19ClN2O6. The van der Waals surface area contributed by atoms with Crippen LogP contribution in [0.2, 0.25) is 0 Å². The molecular weight excluding hydrogens is 376 g/mol. The van der Waals surface area contributed by atoms with Gasteiger partial charge in [-0.15, -0.1) is 0 Å². The van der Waals surface area contributed by atoms with Crippen molar-refractivity contribution in [1.29, 1.82) is 0 Å². The summed E-state index contributed by atoms with van der Waals surface area (Å²) in [6, 6.07) is 5.75. The van der Waals surface area contributed by atoms with E-state index in [-0.39, 0.29) is 17.9 Å². The number of non-ortho nitro benzene ring substituents is 1. The predicted octanol–water partition coefficient (Wildman–Crippen LogP) is 2.99. The van der Waals surface area contributed by atoms with Gasteiger partial charge in [-0.25, -0.2) is 4.79 Å². The van der Waals surface area contributed by atoms with E-state index in [0.29, 0.717) is 17.0 Å². The van der Waals surface area contributed by atoms with Gasteiger partial charge in [0.05, 0.1) is 24.2 Å². The molecule has 2 rings (SSSR count). The molecule has 0 aliphatic carbocycles. The zero-order valence-corrected chi connectivity index (χ0v) is 15.8. The van der Waals surface area contributed by atoms with E-state index in [1.807, 2.05) is 0 Å². The minimum absolute atomic E-state index is 0.128. The van der Waals surface area contributed by atoms with Crippen LogP contribution in [0.3, 0.4) is 0 Å². The van der Waals surface area contributed by atoms with E-state index >= 15 is 0 Å². The second kappa shape index (κ2) is 8.68. The van der Waals surface area contributed by atoms with Gasteiger partial charge in [0.25, 0.3) is 5.69 Å². The van der Waals surface area contributed by atoms with Gasteiger partial charge in [0.1, 0.15) is 5.92 Å². The molecule has 1 aliphatic heterocycles. The Labute approximate surface area is 160 Å². The third kappa shape index (κ3) is 4.11. The molecule has 1 aromatic rings. The van der Waals surface area contributed by atoms with E-state index in [4.69, 9.17) is 21.1 Å². The van der Waals surface area contributed by atoms with Crippen LogP contribution in [0.5, 0.6) is 0 Å². The summed E-state index contributed by atoms with van der Waals surface area (Å²) in [5.41, 5.74) is 2.39. The number of ether oxygens (including phenoxy) is 2. The second-order valence-electron chi connectivity index (χ2n) is 5.78. The molecule has 9 heteroatoms. The second-order valence-corrected chi connectivity index (χ2v) is 6.00. The van der Waals surface area contributed by atoms with Gasteiger partial charge in [-0.1, -0.05) is 23.7 Å². The molecule has 0 aromatic heterocycles. The predicted molar refractivity (Wildman–Crippen MR) is 97.7 cm³/mol. The van der Waals surface area contributed by atoms with Crippen LogP contribution in [0, 0.1) is 16.0 Å². The van der Waals surface area contributed by atoms with Crippen molar-refractivity contribution in [3.8, 4) is 0 Å². The Morgan fingerprint density at radius 1 is 1.41 bits per heavy atom. The molecule has 8 nitrogen and oxygen atoms in total. The van der Waals surface area contributed by atoms with Gasteiger partial charge in [0, 0.05) is 35.0 Å². The number of nitrogens with one attached hydrogen (secondary N) is 1. The molecule has 144 valence electrons. The maximum atomic E-state index is 12.7. The standard InChI is InChI=1S/C18H19ClN2O6/c1-4-27-18(23)16-13(9-19)20-10(2)14(17(22)26-3)15(16)11-6-5-7-12(8-11)21(24)25/h5-9,15-16,20H,4H2,1-3H3/b13-9-/t15-,16-/m1/s1. The van der Waals surface area contributed by atoms with Crippen molar-refractivity contribution in [3.05, 3.63) is 62.4 Å². The lowest BCUT2D eigenvalue weighted by Gasteiger charge is -2.35. The molecule has 0 radical (unpaired) electrons. The maximum absolute atomic E-state index is 12.7. The summed E-state index contributed by atoms with van der Waals surface area (Å²) in [4.78, 5) is 35.7. The van der Waals surface area contributed by atoms with E-state index in [1.165, 1.54) is 30.8 Å². The molecule has 0 saturated carbocycles. The molecule has 1 N–H and O–H groups in total. The van der Waals surface area contributed by atoms with Gasteiger partial charge in [0.15, 0.2) is 0 Å². The fourth-order valence-electron chi connectivity index (χ4n) is 3.11. The molecule has 0 amide bonds. The van der Waals surface area contributed by atoms with Gasteiger partial charge in [-0.05, 0) is 19.4 Å². The zero-order valence-electron chi connectivity index (χ0n) is 15.0. The Hall–Kier alpha value is -2.87. The number of carbonyl (C=O) groups is 2. The highest BCUT2D eigenvalue weighted by Gasteiger charge is 2.43. The molecule has 2 atom stereocenters. The third-order valence-electron chi connectivity index (χ3n) is 4.22. The van der Waals surface area contributed by atoms with E-state index in [9.17, 15) is 19.7 Å². The normalized spacial score (nSPS) is 20.8. The number of carbonyl (C=O) groups excluding carboxylic acids is 2. The van der Waals surface area contributed by atoms with Crippen LogP contribution in [0.1, 0.15) is 25.3 Å². The average Bonchev–Trinajstić information content (AvgIpc) is 2.66. The summed E-state index contributed by atoms with van der Waals surface area (Å²) in [5, 5.41) is 14.1. The number of methoxy groups -OCH3 is 1. The highest BCUT2D eigenvalue weighted by atomic mass is 35.5. The summed E-state index contributed by atoms with van der Waals surface area (Å²) in [6.07, 6.45) is 0. The van der Waals surface area contributed by atoms with Crippen molar-refractivity contribution >= 4 is 29.2 Å². The van der Waals surface area contributed by atoms with Gasteiger partial charge < -0.3 is 14.8 Å². The highest BCUT2D eigenvalue weighted by Crippen LogP contribution is 2.42. The molecule has 0 unspecified atom stereocenters. The number of rotatable bonds is 5. The first-order valence-corrected chi connectivity index (χ1v) is 8.56. The van der Waals surface area contributed by atoms with Crippen molar-refractivity contribution in [2.45, 2.75) is 19.8 Å². The lowest BCUT2D eigenvalue weighted by molar-refractivity contribution is -0.384. The number of esters is 2. The molecule has 1 heterocycles. The minimum Gasteiger partial charge on any atom is -0.466 e. The average molecular weight is 395 g/mol. The van der Waals surface area contributed by atoms with Gasteiger partial charge >= 0.3 is 11.9 Å². The molecule has 0 bridgehead atoms. The summed E-state index contributed by atoms with van der Waals surface area (Å²) in [5.74, 6) is -3.10. The van der Waals surface area contributed by atoms with Crippen LogP contribution in [0.25, 0.3) is 0 Å². The van der Waals surface area contributed by atoms with Crippen LogP contribution >= 0.6 is 11.6 Å². The summed E-state index contributed by atoms with van der Waals surface area (Å²) in [7, 11) is 1.22. The number of nitrogens with zero attached hydrogens (tertiary/aromatic N) is 1. The fraction of sp³-hybridized carbons (Fsp3) is 0.333. The fourth-order valence-corrected chi connectivity index (χ4v) is 3.30. The topological polar surface area (TPSA) is 108 Å². The van der Waals surface area contributed by atoms with E-state index < -0.39 is 28.7 Å². The van der Waals surface area contributed by atoms with Crippen molar-refractivity contribution in [2.24, 2.45) is 5.92 Å². The van der Waals surface area contributed by atoms with Crippen molar-refractivity contribution < 1.29 is 24.0 Å². The van der Waals surface area contributed by atoms with E-state index in [0.717, 1.165) is 0 Å². The highest BCUT2D eigenvalue weighted by molar-refractivity contribution is 6.26. The van der Waals surface area contributed by atoms with Crippen LogP contribution < -0.4 is 5.32 Å². The van der Waals surface area contributed by atoms with Crippen LogP contribution in [-0.4, -0.2) is 30.6 Å². The summed E-state index contributed by atoms with van der Waals surface area (Å²) >= 11 is 5.90. The summed E-state index contributed by atoms with van der Waals surface area (Å²) in [6.45, 7) is 3.42. The van der Waals surface area contributed by atoms with E-state index in [1.54, 1.807) is 19.9 Å². The molecule has 0 fully saturated rings. The molecule has 27 heavy (non-hydrogen) atoms. The third-order valence-corrected chi connectivity index (χ3v) is 4.45. The monoisotopic (exact) mass is 394 g/mol. The first kappa shape index (κ1) is 20.4. The van der Waals surface area contributed by atoms with Crippen molar-refractivity contribution in [3.63, 3.8) is 0 Å². The Bertz CT molecular complexity index is 833. The molecule has 1 aliphatic rings. The van der Waals surface area contributed by atoms with Crippen LogP contribution in [-0.2, 0) is 19.1 Å². The van der Waals surface area contributed by atoms with Crippen LogP contribution in [0.4, 0.5) is 5.69 Å². The number of nitro benzene ring substituents is 1. The molecule has 0 spiro atoms. The van der Waals surface area contributed by atoms with Crippen LogP contribution in [0.15, 0.2) is 46.8 Å². The molecule has 1 aromatic carbocycles. The first-order valence-electron chi connectivity index (χ1n) is 8.13. The number of allylic oxidation sites excluding steroid dienone is 1. The number of hydrogen-bond acceptors (Lipinski definition) is 7. The van der Waals surface area contributed by atoms with Crippen molar-refractivity contribution in [1.82, 2.24) is 5.32 Å². The number of benzene rings is 1. The lowest BCUT2D eigenvalue weighted by atomic mass is 9.75. The number of nitro groups is 1. The Kier molecular flexibility index (Phi) is 6.57. The smallest absolute Gasteiger partial charge is 0.336 e. The SMILES string of the molecule is CCOC(=O)[C@@H]1/C(=C/Cl)NC(C)=C(C(=O)OC)[C@H]1c1cccc([N+](=O)[O-])c1. The largest absolute Gasteiger partial charge is 0.466 e. The van der Waals surface area contributed by atoms with Gasteiger partial charge in [-0.2, -0.15) is 0 Å². The maximum Gasteiger partial charge on any atom is 0.336 e. The Morgan fingerprint density at radius 3 is 2.67 bits per heavy atom. The molecule has 0 saturated heterocycles. The zero-order chi connectivity index (χ0) is 20.1. The Morgan fingerprint density at radius 2 is 2.11 bits per heavy atom. The van der Waals surface area contributed by atoms with Gasteiger partial charge in [0.2, 0.25) is 0 Å². The summed E-state index contributed by atoms with van der Waals surface area (Å²) < 4.78 is 10.0. The quantitative estimate of drug-likeness (QED) is 0.464. The number of halogens is 1. The van der Waals surface area contributed by atoms with Gasteiger partial charge in [-0.3, -0.25) is 14.9 Å².